The number of ether oxygens (including phenoxy) is 3. The van der Waals surface area contributed by atoms with Gasteiger partial charge in [-0.15, -0.1) is 0 Å². The second-order valence-electron chi connectivity index (χ2n) is 5.65. The Kier molecular flexibility index (Phi) is 5.11. The maximum atomic E-state index is 11.5. The Morgan fingerprint density at radius 2 is 1.75 bits per heavy atom. The van der Waals surface area contributed by atoms with Gasteiger partial charge in [-0.2, -0.15) is 0 Å². The molecule has 112 valence electrons. The molecular formula is C15H22O5. The lowest BCUT2D eigenvalue weighted by Gasteiger charge is -2.15. The molecule has 0 bridgehead atoms. The van der Waals surface area contributed by atoms with Crippen LogP contribution in [0.5, 0.6) is 0 Å². The lowest BCUT2D eigenvalue weighted by atomic mass is 9.97. The summed E-state index contributed by atoms with van der Waals surface area (Å²) in [5.41, 5.74) is -0.122. The molecule has 0 N–H and O–H groups in total. The number of esters is 2. The fraction of sp³-hybridized carbons (Fsp3) is 0.600. The lowest BCUT2D eigenvalue weighted by Crippen LogP contribution is -2.29. The van der Waals surface area contributed by atoms with E-state index in [9.17, 15) is 9.59 Å². The summed E-state index contributed by atoms with van der Waals surface area (Å²) in [4.78, 5) is 22.9. The third-order valence-electron chi connectivity index (χ3n) is 2.83. The van der Waals surface area contributed by atoms with Gasteiger partial charge in [-0.25, -0.2) is 9.59 Å². The standard InChI is InChI=1S/C15H22O5/c1-9(2)7-15(8-18-12(16)10(3)4)14(20-15)19-13(17)11(5)6/h9,14H,3,5,7-8H2,1-2,4,6H3. The highest BCUT2D eigenvalue weighted by Gasteiger charge is 2.61. The summed E-state index contributed by atoms with van der Waals surface area (Å²) in [7, 11) is 0. The van der Waals surface area contributed by atoms with Crippen molar-refractivity contribution >= 4 is 11.9 Å². The first kappa shape index (κ1) is 16.4. The van der Waals surface area contributed by atoms with E-state index in [1.165, 1.54) is 0 Å². The zero-order chi connectivity index (χ0) is 15.5. The van der Waals surface area contributed by atoms with Crippen molar-refractivity contribution < 1.29 is 23.8 Å². The van der Waals surface area contributed by atoms with Gasteiger partial charge in [0.2, 0.25) is 6.29 Å². The van der Waals surface area contributed by atoms with E-state index in [0.717, 1.165) is 0 Å². The largest absolute Gasteiger partial charge is 0.459 e. The minimum absolute atomic E-state index is 0.0466. The highest BCUT2D eigenvalue weighted by molar-refractivity contribution is 5.87. The van der Waals surface area contributed by atoms with E-state index in [4.69, 9.17) is 14.2 Å². The Bertz CT molecular complexity index is 438. The number of epoxide rings is 1. The number of hydrogen-bond donors (Lipinski definition) is 0. The van der Waals surface area contributed by atoms with Crippen LogP contribution in [0, 0.1) is 5.92 Å². The highest BCUT2D eigenvalue weighted by Crippen LogP contribution is 2.43. The van der Waals surface area contributed by atoms with Crippen molar-refractivity contribution in [2.75, 3.05) is 6.61 Å². The third-order valence-corrected chi connectivity index (χ3v) is 2.83. The molecule has 2 atom stereocenters. The van der Waals surface area contributed by atoms with Crippen molar-refractivity contribution in [3.8, 4) is 0 Å². The zero-order valence-corrected chi connectivity index (χ0v) is 12.5. The molecule has 1 saturated heterocycles. The lowest BCUT2D eigenvalue weighted by molar-refractivity contribution is -0.144. The quantitative estimate of drug-likeness (QED) is 0.407. The second kappa shape index (κ2) is 6.22. The summed E-state index contributed by atoms with van der Waals surface area (Å²) >= 11 is 0. The van der Waals surface area contributed by atoms with E-state index in [-0.39, 0.29) is 6.61 Å². The van der Waals surface area contributed by atoms with Gasteiger partial charge in [-0.05, 0) is 26.2 Å². The molecule has 0 amide bonds. The minimum Gasteiger partial charge on any atom is -0.459 e. The molecule has 0 saturated carbocycles. The van der Waals surface area contributed by atoms with Crippen LogP contribution in [0.15, 0.2) is 24.3 Å². The first-order valence-electron chi connectivity index (χ1n) is 6.55. The van der Waals surface area contributed by atoms with Gasteiger partial charge in [0.15, 0.2) is 5.60 Å². The first-order valence-corrected chi connectivity index (χ1v) is 6.55. The van der Waals surface area contributed by atoms with Crippen LogP contribution in [0.1, 0.15) is 34.1 Å². The molecule has 1 fully saturated rings. The molecule has 0 spiro atoms. The highest BCUT2D eigenvalue weighted by atomic mass is 16.8. The fourth-order valence-corrected chi connectivity index (χ4v) is 1.82. The van der Waals surface area contributed by atoms with Gasteiger partial charge in [0, 0.05) is 11.1 Å². The van der Waals surface area contributed by atoms with Crippen LogP contribution in [-0.4, -0.2) is 30.4 Å². The van der Waals surface area contributed by atoms with Crippen LogP contribution < -0.4 is 0 Å². The predicted octanol–water partition coefficient (Wildman–Crippen LogP) is 2.37. The van der Waals surface area contributed by atoms with Gasteiger partial charge in [-0.1, -0.05) is 27.0 Å². The molecule has 0 aromatic heterocycles. The van der Waals surface area contributed by atoms with Crippen molar-refractivity contribution in [1.29, 1.82) is 0 Å². The third kappa shape index (κ3) is 4.20. The molecule has 5 nitrogen and oxygen atoms in total. The van der Waals surface area contributed by atoms with Crippen molar-refractivity contribution in [1.82, 2.24) is 0 Å². The molecule has 1 aliphatic heterocycles. The average molecular weight is 282 g/mol. The van der Waals surface area contributed by atoms with Crippen LogP contribution in [0.25, 0.3) is 0 Å². The predicted molar refractivity (Wildman–Crippen MR) is 73.7 cm³/mol. The summed E-state index contributed by atoms with van der Waals surface area (Å²) in [6.45, 7) is 14.2. The van der Waals surface area contributed by atoms with Crippen LogP contribution in [-0.2, 0) is 23.8 Å². The van der Waals surface area contributed by atoms with Gasteiger partial charge in [0.25, 0.3) is 0 Å². The summed E-state index contributed by atoms with van der Waals surface area (Å²) in [5, 5.41) is 0. The Morgan fingerprint density at radius 3 is 2.20 bits per heavy atom. The normalized spacial score (nSPS) is 24.1. The van der Waals surface area contributed by atoms with Crippen molar-refractivity contribution in [2.24, 2.45) is 5.92 Å². The minimum atomic E-state index is -0.746. The summed E-state index contributed by atoms with van der Waals surface area (Å²) in [6.07, 6.45) is -0.0584. The molecule has 1 rings (SSSR count). The fourth-order valence-electron chi connectivity index (χ4n) is 1.82. The van der Waals surface area contributed by atoms with Crippen molar-refractivity contribution in [3.63, 3.8) is 0 Å². The average Bonchev–Trinajstić information content (AvgIpc) is 2.97. The van der Waals surface area contributed by atoms with E-state index in [0.29, 0.717) is 23.5 Å². The molecule has 1 heterocycles. The molecule has 2 unspecified atom stereocenters. The van der Waals surface area contributed by atoms with E-state index in [1.807, 2.05) is 13.8 Å². The number of carbonyl (C=O) groups excluding carboxylic acids is 2. The Labute approximate surface area is 119 Å². The molecular weight excluding hydrogens is 260 g/mol. The smallest absolute Gasteiger partial charge is 0.335 e. The van der Waals surface area contributed by atoms with Crippen molar-refractivity contribution in [3.05, 3.63) is 24.3 Å². The van der Waals surface area contributed by atoms with Gasteiger partial charge < -0.3 is 14.2 Å². The molecule has 0 aromatic rings. The Hall–Kier alpha value is -1.62. The summed E-state index contributed by atoms with van der Waals surface area (Å²) in [5.74, 6) is -0.674. The Morgan fingerprint density at radius 1 is 1.20 bits per heavy atom. The summed E-state index contributed by atoms with van der Waals surface area (Å²) in [6, 6.07) is 0. The zero-order valence-electron chi connectivity index (χ0n) is 12.5. The van der Waals surface area contributed by atoms with Crippen LogP contribution in [0.4, 0.5) is 0 Å². The monoisotopic (exact) mass is 282 g/mol. The molecule has 0 radical (unpaired) electrons. The first-order chi connectivity index (χ1) is 9.18. The van der Waals surface area contributed by atoms with E-state index >= 15 is 0 Å². The molecule has 20 heavy (non-hydrogen) atoms. The maximum absolute atomic E-state index is 11.5. The second-order valence-corrected chi connectivity index (χ2v) is 5.65. The van der Waals surface area contributed by atoms with Crippen LogP contribution >= 0.6 is 0 Å². The van der Waals surface area contributed by atoms with Crippen LogP contribution in [0.2, 0.25) is 0 Å². The number of rotatable bonds is 7. The van der Waals surface area contributed by atoms with Crippen molar-refractivity contribution in [2.45, 2.75) is 46.0 Å². The van der Waals surface area contributed by atoms with Gasteiger partial charge in [-0.3, -0.25) is 0 Å². The van der Waals surface area contributed by atoms with Gasteiger partial charge in [0.05, 0.1) is 0 Å². The molecule has 1 aliphatic rings. The summed E-state index contributed by atoms with van der Waals surface area (Å²) < 4.78 is 15.8. The SMILES string of the molecule is C=C(C)C(=O)OCC1(CC(C)C)OC1OC(=O)C(=C)C. The van der Waals surface area contributed by atoms with Crippen LogP contribution in [0.3, 0.4) is 0 Å². The topological polar surface area (TPSA) is 65.1 Å². The van der Waals surface area contributed by atoms with E-state index in [2.05, 4.69) is 13.2 Å². The van der Waals surface area contributed by atoms with E-state index in [1.54, 1.807) is 13.8 Å². The Balaban J connectivity index is 2.62. The number of carbonyl (C=O) groups is 2. The van der Waals surface area contributed by atoms with Gasteiger partial charge in [0.1, 0.15) is 6.61 Å². The molecule has 0 aromatic carbocycles. The number of hydrogen-bond acceptors (Lipinski definition) is 5. The van der Waals surface area contributed by atoms with Gasteiger partial charge >= 0.3 is 11.9 Å². The maximum Gasteiger partial charge on any atom is 0.335 e. The van der Waals surface area contributed by atoms with E-state index < -0.39 is 23.8 Å². The molecule has 0 aliphatic carbocycles. The molecule has 5 heteroatoms.